The summed E-state index contributed by atoms with van der Waals surface area (Å²) in [5.74, 6) is 1.20. The van der Waals surface area contributed by atoms with Gasteiger partial charge in [0.15, 0.2) is 0 Å². The summed E-state index contributed by atoms with van der Waals surface area (Å²) in [6.07, 6.45) is 3.62. The molecule has 0 spiro atoms. The van der Waals surface area contributed by atoms with Crippen molar-refractivity contribution >= 4 is 30.1 Å². The molecule has 1 rings (SSSR count). The fourth-order valence-electron chi connectivity index (χ4n) is 1.93. The minimum absolute atomic E-state index is 0. The number of halogens is 1. The molecule has 0 aromatic carbocycles. The number of likely N-dealkylation sites (tertiary alicyclic amines) is 1. The molecule has 1 unspecified atom stereocenters. The smallest absolute Gasteiger partial charge is 0.223 e. The third-order valence-electron chi connectivity index (χ3n) is 3.18. The quantitative estimate of drug-likeness (QED) is 0.847. The number of nitrogens with two attached hydrogens (primary N) is 1. The zero-order valence-electron chi connectivity index (χ0n) is 10.4. The van der Waals surface area contributed by atoms with Crippen molar-refractivity contribution in [3.63, 3.8) is 0 Å². The van der Waals surface area contributed by atoms with Crippen LogP contribution in [0.2, 0.25) is 0 Å². The largest absolute Gasteiger partial charge is 0.342 e. The summed E-state index contributed by atoms with van der Waals surface area (Å²) < 4.78 is 0. The molecule has 5 heteroatoms. The van der Waals surface area contributed by atoms with Crippen molar-refractivity contribution in [2.75, 3.05) is 25.1 Å². The van der Waals surface area contributed by atoms with Crippen molar-refractivity contribution < 1.29 is 4.79 Å². The molecule has 2 N–H and O–H groups in total. The lowest BCUT2D eigenvalue weighted by molar-refractivity contribution is -0.134. The number of nitrogens with zero attached hydrogens (tertiary/aromatic N) is 1. The highest BCUT2D eigenvalue weighted by Gasteiger charge is 2.34. The van der Waals surface area contributed by atoms with Gasteiger partial charge in [0.05, 0.1) is 0 Å². The molecule has 1 atom stereocenters. The van der Waals surface area contributed by atoms with E-state index < -0.39 is 0 Å². The third-order valence-corrected chi connectivity index (χ3v) is 3.80. The second-order valence-corrected chi connectivity index (χ2v) is 5.93. The van der Waals surface area contributed by atoms with Crippen molar-refractivity contribution in [2.45, 2.75) is 32.7 Å². The summed E-state index contributed by atoms with van der Waals surface area (Å²) in [5.41, 5.74) is 6.10. The van der Waals surface area contributed by atoms with Crippen LogP contribution in [-0.2, 0) is 4.79 Å². The Balaban J connectivity index is 0.00000225. The van der Waals surface area contributed by atoms with Crippen LogP contribution in [0.3, 0.4) is 0 Å². The molecule has 0 bridgehead atoms. The monoisotopic (exact) mass is 266 g/mol. The number of hydrogen-bond donors (Lipinski definition) is 1. The Morgan fingerprint density at radius 3 is 2.69 bits per heavy atom. The molecule has 3 nitrogen and oxygen atoms in total. The summed E-state index contributed by atoms with van der Waals surface area (Å²) in [6.45, 7) is 5.93. The number of carbonyl (C=O) groups excluding carboxylic acids is 1. The zero-order chi connectivity index (χ0) is 11.5. The molecule has 0 saturated carbocycles. The van der Waals surface area contributed by atoms with Gasteiger partial charge in [0, 0.05) is 31.3 Å². The Bertz CT molecular complexity index is 236. The molecule has 1 heterocycles. The van der Waals surface area contributed by atoms with Crippen LogP contribution in [0.4, 0.5) is 0 Å². The highest BCUT2D eigenvalue weighted by molar-refractivity contribution is 7.98. The lowest BCUT2D eigenvalue weighted by atomic mass is 9.79. The second kappa shape index (κ2) is 6.72. The van der Waals surface area contributed by atoms with Gasteiger partial charge in [-0.1, -0.05) is 13.8 Å². The Labute approximate surface area is 109 Å². The van der Waals surface area contributed by atoms with Crippen LogP contribution >= 0.6 is 24.2 Å². The highest BCUT2D eigenvalue weighted by atomic mass is 35.5. The van der Waals surface area contributed by atoms with Crippen LogP contribution in [-0.4, -0.2) is 41.9 Å². The summed E-state index contributed by atoms with van der Waals surface area (Å²) >= 11 is 1.72. The van der Waals surface area contributed by atoms with E-state index in [1.807, 2.05) is 11.2 Å². The molecule has 1 fully saturated rings. The lowest BCUT2D eigenvalue weighted by Gasteiger charge is -2.42. The average molecular weight is 267 g/mol. The van der Waals surface area contributed by atoms with Crippen molar-refractivity contribution in [1.29, 1.82) is 0 Å². The minimum Gasteiger partial charge on any atom is -0.342 e. The Morgan fingerprint density at radius 1 is 1.56 bits per heavy atom. The van der Waals surface area contributed by atoms with Gasteiger partial charge in [0.25, 0.3) is 0 Å². The van der Waals surface area contributed by atoms with E-state index in [9.17, 15) is 4.79 Å². The maximum absolute atomic E-state index is 11.8. The van der Waals surface area contributed by atoms with Crippen molar-refractivity contribution in [3.8, 4) is 0 Å². The average Bonchev–Trinajstić information content (AvgIpc) is 2.18. The van der Waals surface area contributed by atoms with E-state index in [2.05, 4.69) is 13.8 Å². The fourth-order valence-corrected chi connectivity index (χ4v) is 2.31. The van der Waals surface area contributed by atoms with Gasteiger partial charge in [-0.15, -0.1) is 12.4 Å². The summed E-state index contributed by atoms with van der Waals surface area (Å²) in [7, 11) is 0. The summed E-state index contributed by atoms with van der Waals surface area (Å²) in [4.78, 5) is 13.8. The number of carbonyl (C=O) groups is 1. The maximum Gasteiger partial charge on any atom is 0.223 e. The molecule has 0 aromatic rings. The van der Waals surface area contributed by atoms with Crippen LogP contribution in [0.25, 0.3) is 0 Å². The second-order valence-electron chi connectivity index (χ2n) is 4.94. The number of rotatable bonds is 3. The minimum atomic E-state index is 0. The van der Waals surface area contributed by atoms with Crippen LogP contribution in [0.5, 0.6) is 0 Å². The predicted molar refractivity (Wildman–Crippen MR) is 73.2 cm³/mol. The zero-order valence-corrected chi connectivity index (χ0v) is 12.0. The van der Waals surface area contributed by atoms with Crippen LogP contribution in [0.15, 0.2) is 0 Å². The van der Waals surface area contributed by atoms with E-state index in [0.717, 1.165) is 25.3 Å². The predicted octanol–water partition coefficient (Wildman–Crippen LogP) is 1.75. The first kappa shape index (κ1) is 16.1. The first-order valence-corrected chi connectivity index (χ1v) is 6.89. The van der Waals surface area contributed by atoms with Crippen LogP contribution in [0.1, 0.15) is 26.7 Å². The molecule has 16 heavy (non-hydrogen) atoms. The van der Waals surface area contributed by atoms with Crippen LogP contribution in [0, 0.1) is 5.41 Å². The van der Waals surface area contributed by atoms with Crippen molar-refractivity contribution in [2.24, 2.45) is 11.1 Å². The molecular weight excluding hydrogens is 244 g/mol. The Hall–Kier alpha value is 0.0700. The van der Waals surface area contributed by atoms with Crippen LogP contribution < -0.4 is 5.73 Å². The summed E-state index contributed by atoms with van der Waals surface area (Å²) in [6, 6.07) is 0.224. The first-order chi connectivity index (χ1) is 6.97. The maximum atomic E-state index is 11.8. The molecule has 1 saturated heterocycles. The van der Waals surface area contributed by atoms with Gasteiger partial charge in [-0.3, -0.25) is 4.79 Å². The van der Waals surface area contributed by atoms with Gasteiger partial charge in [-0.2, -0.15) is 11.8 Å². The van der Waals surface area contributed by atoms with Gasteiger partial charge in [0.1, 0.15) is 0 Å². The number of amides is 1. The number of hydrogen-bond acceptors (Lipinski definition) is 3. The van der Waals surface area contributed by atoms with Gasteiger partial charge in [0.2, 0.25) is 5.91 Å². The number of piperidine rings is 1. The standard InChI is InChI=1S/C11H22N2OS.ClH/c1-11(2)8-13(6-4-9(11)12)10(14)5-7-15-3;/h9H,4-8,12H2,1-3H3;1H. The first-order valence-electron chi connectivity index (χ1n) is 5.49. The molecule has 1 aliphatic rings. The highest BCUT2D eigenvalue weighted by Crippen LogP contribution is 2.27. The molecule has 1 amide bonds. The summed E-state index contributed by atoms with van der Waals surface area (Å²) in [5, 5.41) is 0. The van der Waals surface area contributed by atoms with E-state index >= 15 is 0 Å². The van der Waals surface area contributed by atoms with Gasteiger partial charge in [-0.05, 0) is 18.1 Å². The molecule has 1 aliphatic heterocycles. The SMILES string of the molecule is CSCCC(=O)N1CCC(N)C(C)(C)C1.Cl. The topological polar surface area (TPSA) is 46.3 Å². The molecular formula is C11H23ClN2OS. The van der Waals surface area contributed by atoms with E-state index in [-0.39, 0.29) is 29.8 Å². The number of thioether (sulfide) groups is 1. The molecule has 0 radical (unpaired) electrons. The van der Waals surface area contributed by atoms with E-state index in [0.29, 0.717) is 6.42 Å². The molecule has 0 aliphatic carbocycles. The van der Waals surface area contributed by atoms with Gasteiger partial charge >= 0.3 is 0 Å². The van der Waals surface area contributed by atoms with Gasteiger partial charge in [-0.25, -0.2) is 0 Å². The lowest BCUT2D eigenvalue weighted by Crippen LogP contribution is -2.54. The van der Waals surface area contributed by atoms with Gasteiger partial charge < -0.3 is 10.6 Å². The normalized spacial score (nSPS) is 23.8. The molecule has 96 valence electrons. The third kappa shape index (κ3) is 4.15. The fraction of sp³-hybridized carbons (Fsp3) is 0.909. The van der Waals surface area contributed by atoms with E-state index in [1.54, 1.807) is 11.8 Å². The Morgan fingerprint density at radius 2 is 2.19 bits per heavy atom. The van der Waals surface area contributed by atoms with Crippen molar-refractivity contribution in [1.82, 2.24) is 4.90 Å². The van der Waals surface area contributed by atoms with E-state index in [1.165, 1.54) is 0 Å². The van der Waals surface area contributed by atoms with Crippen molar-refractivity contribution in [3.05, 3.63) is 0 Å². The molecule has 0 aromatic heterocycles. The Kier molecular flexibility index (Phi) is 6.75. The van der Waals surface area contributed by atoms with E-state index in [4.69, 9.17) is 5.73 Å².